The van der Waals surface area contributed by atoms with Crippen molar-refractivity contribution in [3.8, 4) is 0 Å². The quantitative estimate of drug-likeness (QED) is 0.707. The lowest BCUT2D eigenvalue weighted by Crippen LogP contribution is -2.41. The van der Waals surface area contributed by atoms with Crippen molar-refractivity contribution >= 4 is 50.1 Å². The number of hydrogen-bond donors (Lipinski definition) is 1. The Balaban J connectivity index is 1.87. The molecule has 0 radical (unpaired) electrons. The molecule has 1 fully saturated rings. The summed E-state index contributed by atoms with van der Waals surface area (Å²) >= 11 is 8.03. The number of sulfonamides is 1. The van der Waals surface area contributed by atoms with E-state index in [2.05, 4.69) is 27.9 Å². The third-order valence-corrected chi connectivity index (χ3v) is 6.25. The van der Waals surface area contributed by atoms with Gasteiger partial charge in [0, 0.05) is 28.2 Å². The van der Waals surface area contributed by atoms with Gasteiger partial charge >= 0.3 is 0 Å². The molecule has 2 rings (SSSR count). The summed E-state index contributed by atoms with van der Waals surface area (Å²) in [5.74, 6) is 0.163. The van der Waals surface area contributed by atoms with Gasteiger partial charge in [0.2, 0.25) is 10.0 Å². The molecule has 22 heavy (non-hydrogen) atoms. The van der Waals surface area contributed by atoms with Crippen molar-refractivity contribution in [1.29, 1.82) is 0 Å². The van der Waals surface area contributed by atoms with Crippen molar-refractivity contribution in [2.45, 2.75) is 12.8 Å². The maximum atomic E-state index is 12.2. The molecule has 1 saturated heterocycles. The lowest BCUT2D eigenvalue weighted by molar-refractivity contribution is 0.0940. The van der Waals surface area contributed by atoms with Crippen LogP contribution in [0.15, 0.2) is 18.2 Å². The molecule has 1 aromatic rings. The summed E-state index contributed by atoms with van der Waals surface area (Å²) < 4.78 is 25.3. The van der Waals surface area contributed by atoms with Crippen molar-refractivity contribution in [3.05, 3.63) is 32.4 Å². The first-order valence-electron chi connectivity index (χ1n) is 6.96. The van der Waals surface area contributed by atoms with E-state index < -0.39 is 10.0 Å². The van der Waals surface area contributed by atoms with Crippen LogP contribution in [-0.2, 0) is 10.0 Å². The minimum Gasteiger partial charge on any atom is -0.352 e. The van der Waals surface area contributed by atoms with Gasteiger partial charge < -0.3 is 5.32 Å². The molecule has 0 saturated carbocycles. The van der Waals surface area contributed by atoms with E-state index in [0.29, 0.717) is 36.1 Å². The van der Waals surface area contributed by atoms with Gasteiger partial charge in [0.15, 0.2) is 0 Å². The number of piperidine rings is 1. The number of hydrogen-bond acceptors (Lipinski definition) is 3. The molecule has 0 aromatic heterocycles. The van der Waals surface area contributed by atoms with Crippen molar-refractivity contribution in [2.24, 2.45) is 5.92 Å². The monoisotopic (exact) mass is 456 g/mol. The topological polar surface area (TPSA) is 66.5 Å². The van der Waals surface area contributed by atoms with Crippen LogP contribution in [0.5, 0.6) is 0 Å². The Bertz CT molecular complexity index is 658. The minimum absolute atomic E-state index is 0.141. The molecule has 122 valence electrons. The first-order chi connectivity index (χ1) is 10.3. The van der Waals surface area contributed by atoms with E-state index in [-0.39, 0.29) is 5.91 Å². The number of nitrogens with zero attached hydrogens (tertiary/aromatic N) is 1. The Hall–Kier alpha value is -0.380. The zero-order chi connectivity index (χ0) is 16.3. The molecule has 1 aliphatic rings. The molecule has 5 nitrogen and oxygen atoms in total. The SMILES string of the molecule is CS(=O)(=O)N1CCC(CNC(=O)c2cc(Cl)ccc2I)CC1. The van der Waals surface area contributed by atoms with Crippen LogP contribution < -0.4 is 5.32 Å². The van der Waals surface area contributed by atoms with Crippen LogP contribution >= 0.6 is 34.2 Å². The summed E-state index contributed by atoms with van der Waals surface area (Å²) in [4.78, 5) is 12.2. The molecule has 8 heteroatoms. The van der Waals surface area contributed by atoms with Crippen LogP contribution in [0, 0.1) is 9.49 Å². The van der Waals surface area contributed by atoms with Crippen molar-refractivity contribution in [3.63, 3.8) is 0 Å². The number of nitrogens with one attached hydrogen (secondary N) is 1. The van der Waals surface area contributed by atoms with Crippen LogP contribution in [0.4, 0.5) is 0 Å². The van der Waals surface area contributed by atoms with E-state index in [4.69, 9.17) is 11.6 Å². The Morgan fingerprint density at radius 2 is 2.05 bits per heavy atom. The number of carbonyl (C=O) groups is 1. The summed E-state index contributed by atoms with van der Waals surface area (Å²) in [5.41, 5.74) is 0.571. The number of halogens is 2. The zero-order valence-electron chi connectivity index (χ0n) is 12.2. The maximum Gasteiger partial charge on any atom is 0.252 e. The summed E-state index contributed by atoms with van der Waals surface area (Å²) in [6.45, 7) is 1.60. The standard InChI is InChI=1S/C14H18ClIN2O3S/c1-22(20,21)18-6-4-10(5-7-18)9-17-14(19)12-8-11(15)2-3-13(12)16/h2-3,8,10H,4-7,9H2,1H3,(H,17,19). The second-order valence-electron chi connectivity index (χ2n) is 5.44. The summed E-state index contributed by atoms with van der Waals surface area (Å²) in [5, 5.41) is 3.45. The highest BCUT2D eigenvalue weighted by molar-refractivity contribution is 14.1. The third-order valence-electron chi connectivity index (χ3n) is 3.77. The largest absolute Gasteiger partial charge is 0.352 e. The van der Waals surface area contributed by atoms with Gasteiger partial charge in [-0.25, -0.2) is 12.7 Å². The number of rotatable bonds is 4. The van der Waals surface area contributed by atoms with Gasteiger partial charge in [0.1, 0.15) is 0 Å². The second-order valence-corrected chi connectivity index (χ2v) is 9.02. The molecule has 0 atom stereocenters. The fourth-order valence-corrected chi connectivity index (χ4v) is 4.08. The molecule has 0 unspecified atom stereocenters. The first-order valence-corrected chi connectivity index (χ1v) is 10.3. The highest BCUT2D eigenvalue weighted by atomic mass is 127. The third kappa shape index (κ3) is 4.81. The highest BCUT2D eigenvalue weighted by Crippen LogP contribution is 2.20. The highest BCUT2D eigenvalue weighted by Gasteiger charge is 2.25. The van der Waals surface area contributed by atoms with Gasteiger partial charge in [0.25, 0.3) is 5.91 Å². The number of carbonyl (C=O) groups excluding carboxylic acids is 1. The second kappa shape index (κ2) is 7.46. The van der Waals surface area contributed by atoms with Crippen molar-refractivity contribution < 1.29 is 13.2 Å². The molecule has 0 aliphatic carbocycles. The van der Waals surface area contributed by atoms with Gasteiger partial charge in [-0.05, 0) is 59.5 Å². The smallest absolute Gasteiger partial charge is 0.252 e. The fraction of sp³-hybridized carbons (Fsp3) is 0.500. The average Bonchev–Trinajstić information content (AvgIpc) is 2.47. The van der Waals surface area contributed by atoms with Gasteiger partial charge in [-0.3, -0.25) is 4.79 Å². The summed E-state index contributed by atoms with van der Waals surface area (Å²) in [6, 6.07) is 5.22. The van der Waals surface area contributed by atoms with Crippen LogP contribution in [0.1, 0.15) is 23.2 Å². The Labute approximate surface area is 149 Å². The van der Waals surface area contributed by atoms with Gasteiger partial charge in [-0.1, -0.05) is 11.6 Å². The summed E-state index contributed by atoms with van der Waals surface area (Å²) in [7, 11) is -3.10. The lowest BCUT2D eigenvalue weighted by Gasteiger charge is -2.30. The van der Waals surface area contributed by atoms with E-state index in [9.17, 15) is 13.2 Å². The van der Waals surface area contributed by atoms with Crippen LogP contribution in [0.2, 0.25) is 5.02 Å². The molecular weight excluding hydrogens is 439 g/mol. The van der Waals surface area contributed by atoms with Crippen LogP contribution in [0.25, 0.3) is 0 Å². The average molecular weight is 457 g/mol. The van der Waals surface area contributed by atoms with E-state index >= 15 is 0 Å². The van der Waals surface area contributed by atoms with Crippen molar-refractivity contribution in [1.82, 2.24) is 9.62 Å². The minimum atomic E-state index is -3.10. The Kier molecular flexibility index (Phi) is 6.09. The molecule has 0 bridgehead atoms. The van der Waals surface area contributed by atoms with Gasteiger partial charge in [-0.2, -0.15) is 0 Å². The van der Waals surface area contributed by atoms with E-state index in [1.54, 1.807) is 12.1 Å². The fourth-order valence-electron chi connectivity index (χ4n) is 2.45. The predicted octanol–water partition coefficient (Wildman–Crippen LogP) is 2.35. The molecule has 1 aliphatic heterocycles. The lowest BCUT2D eigenvalue weighted by atomic mass is 9.98. The van der Waals surface area contributed by atoms with E-state index in [1.165, 1.54) is 10.6 Å². The molecular formula is C14H18ClIN2O3S. The number of amides is 1. The van der Waals surface area contributed by atoms with Gasteiger partial charge in [0.05, 0.1) is 11.8 Å². The molecule has 1 amide bonds. The van der Waals surface area contributed by atoms with Crippen LogP contribution in [-0.4, -0.2) is 44.5 Å². The predicted molar refractivity (Wildman–Crippen MR) is 95.6 cm³/mol. The maximum absolute atomic E-state index is 12.2. The Morgan fingerprint density at radius 1 is 1.41 bits per heavy atom. The van der Waals surface area contributed by atoms with Crippen LogP contribution in [0.3, 0.4) is 0 Å². The first kappa shape index (κ1) is 18.0. The summed E-state index contributed by atoms with van der Waals surface area (Å²) in [6.07, 6.45) is 2.76. The van der Waals surface area contributed by atoms with Gasteiger partial charge in [-0.15, -0.1) is 0 Å². The molecule has 1 heterocycles. The normalized spacial score (nSPS) is 17.4. The molecule has 1 N–H and O–H groups in total. The molecule has 0 spiro atoms. The number of benzene rings is 1. The zero-order valence-corrected chi connectivity index (χ0v) is 15.9. The van der Waals surface area contributed by atoms with E-state index in [1.807, 2.05) is 6.07 Å². The Morgan fingerprint density at radius 3 is 2.64 bits per heavy atom. The van der Waals surface area contributed by atoms with Crippen molar-refractivity contribution in [2.75, 3.05) is 25.9 Å². The molecule has 1 aromatic carbocycles. The van der Waals surface area contributed by atoms with E-state index in [0.717, 1.165) is 16.4 Å².